The molecule has 0 aliphatic rings. The summed E-state index contributed by atoms with van der Waals surface area (Å²) in [5, 5.41) is 17.1. The zero-order valence-corrected chi connectivity index (χ0v) is 9.48. The van der Waals surface area contributed by atoms with Crippen molar-refractivity contribution in [2.24, 2.45) is 0 Å². The van der Waals surface area contributed by atoms with Crippen LogP contribution in [0, 0.1) is 22.7 Å². The minimum Gasteiger partial charge on any atom is -0.375 e. The van der Waals surface area contributed by atoms with Crippen molar-refractivity contribution >= 4 is 5.69 Å². The van der Waals surface area contributed by atoms with Crippen LogP contribution in [-0.2, 0) is 0 Å². The third-order valence-electron chi connectivity index (χ3n) is 2.47. The molecule has 0 saturated carbocycles. The van der Waals surface area contributed by atoms with E-state index in [1.165, 1.54) is 0 Å². The lowest BCUT2D eigenvalue weighted by Crippen LogP contribution is -2.18. The highest BCUT2D eigenvalue weighted by Crippen LogP contribution is 2.14. The van der Waals surface area contributed by atoms with E-state index in [1.54, 1.807) is 0 Å². The normalized spacial score (nSPS) is 9.19. The molecule has 0 aliphatic carbocycles. The fourth-order valence-corrected chi connectivity index (χ4v) is 1.47. The van der Waals surface area contributed by atoms with E-state index in [0.29, 0.717) is 12.0 Å². The summed E-state index contributed by atoms with van der Waals surface area (Å²) in [6.45, 7) is 0.938. The van der Waals surface area contributed by atoms with Crippen LogP contribution in [0.2, 0.25) is 0 Å². The van der Waals surface area contributed by atoms with Crippen molar-refractivity contribution in [3.8, 4) is 12.1 Å². The maximum Gasteiger partial charge on any atom is 0.0991 e. The topological polar surface area (TPSA) is 50.8 Å². The molecule has 0 aliphatic heterocycles. The van der Waals surface area contributed by atoms with Crippen LogP contribution in [0.5, 0.6) is 0 Å². The average molecular weight is 213 g/mol. The van der Waals surface area contributed by atoms with Crippen molar-refractivity contribution in [3.05, 3.63) is 29.8 Å². The first-order valence-electron chi connectivity index (χ1n) is 5.36. The van der Waals surface area contributed by atoms with E-state index in [0.717, 1.165) is 25.1 Å². The average Bonchev–Trinajstić information content (AvgIpc) is 2.34. The van der Waals surface area contributed by atoms with Gasteiger partial charge in [0.25, 0.3) is 0 Å². The largest absolute Gasteiger partial charge is 0.375 e. The smallest absolute Gasteiger partial charge is 0.0991 e. The van der Waals surface area contributed by atoms with E-state index in [1.807, 2.05) is 31.3 Å². The van der Waals surface area contributed by atoms with Gasteiger partial charge in [-0.3, -0.25) is 0 Å². The van der Waals surface area contributed by atoms with Gasteiger partial charge in [0.2, 0.25) is 0 Å². The molecule has 0 amide bonds. The van der Waals surface area contributed by atoms with E-state index in [2.05, 4.69) is 17.0 Å². The maximum absolute atomic E-state index is 8.67. The summed E-state index contributed by atoms with van der Waals surface area (Å²) in [6.07, 6.45) is 2.59. The lowest BCUT2D eigenvalue weighted by Gasteiger charge is -2.18. The Morgan fingerprint density at radius 3 is 2.38 bits per heavy atom. The van der Waals surface area contributed by atoms with Crippen LogP contribution in [0.3, 0.4) is 0 Å². The summed E-state index contributed by atoms with van der Waals surface area (Å²) in [4.78, 5) is 2.14. The van der Waals surface area contributed by atoms with Crippen molar-refractivity contribution in [2.45, 2.75) is 19.3 Å². The molecule has 82 valence electrons. The number of benzene rings is 1. The van der Waals surface area contributed by atoms with Gasteiger partial charge in [0.05, 0.1) is 17.7 Å². The highest BCUT2D eigenvalue weighted by molar-refractivity contribution is 5.48. The number of unbranched alkanes of at least 4 members (excludes halogenated alkanes) is 2. The van der Waals surface area contributed by atoms with E-state index in [9.17, 15) is 0 Å². The molecule has 3 heteroatoms. The van der Waals surface area contributed by atoms with Crippen LogP contribution in [0.1, 0.15) is 24.8 Å². The molecule has 0 fully saturated rings. The molecule has 0 heterocycles. The van der Waals surface area contributed by atoms with Crippen LogP contribution in [-0.4, -0.2) is 13.6 Å². The Hall–Kier alpha value is -2.00. The second-order valence-corrected chi connectivity index (χ2v) is 3.70. The van der Waals surface area contributed by atoms with Gasteiger partial charge in [-0.1, -0.05) is 0 Å². The van der Waals surface area contributed by atoms with E-state index >= 15 is 0 Å². The van der Waals surface area contributed by atoms with Crippen LogP contribution >= 0.6 is 0 Å². The van der Waals surface area contributed by atoms with Crippen LogP contribution in [0.25, 0.3) is 0 Å². The van der Waals surface area contributed by atoms with Gasteiger partial charge in [-0.2, -0.15) is 10.5 Å². The predicted octanol–water partition coefficient (Wildman–Crippen LogP) is 2.69. The highest BCUT2D eigenvalue weighted by Gasteiger charge is 2.00. The molecular weight excluding hydrogens is 198 g/mol. The summed E-state index contributed by atoms with van der Waals surface area (Å²) in [5.74, 6) is 0. The summed E-state index contributed by atoms with van der Waals surface area (Å²) >= 11 is 0. The molecule has 0 radical (unpaired) electrons. The van der Waals surface area contributed by atoms with Gasteiger partial charge < -0.3 is 4.90 Å². The maximum atomic E-state index is 8.67. The van der Waals surface area contributed by atoms with Gasteiger partial charge in [0.15, 0.2) is 0 Å². The molecule has 0 spiro atoms. The van der Waals surface area contributed by atoms with E-state index in [4.69, 9.17) is 10.5 Å². The van der Waals surface area contributed by atoms with Gasteiger partial charge in [0, 0.05) is 25.7 Å². The Bertz CT molecular complexity index is 395. The first-order chi connectivity index (χ1) is 7.77. The minimum absolute atomic E-state index is 0.626. The Labute approximate surface area is 96.5 Å². The first-order valence-corrected chi connectivity index (χ1v) is 5.36. The fourth-order valence-electron chi connectivity index (χ4n) is 1.47. The minimum atomic E-state index is 0.626. The summed E-state index contributed by atoms with van der Waals surface area (Å²) in [6, 6.07) is 11.8. The quantitative estimate of drug-likeness (QED) is 0.706. The van der Waals surface area contributed by atoms with Crippen LogP contribution < -0.4 is 4.90 Å². The zero-order valence-electron chi connectivity index (χ0n) is 9.48. The van der Waals surface area contributed by atoms with Crippen molar-refractivity contribution in [1.29, 1.82) is 10.5 Å². The molecule has 0 aromatic heterocycles. The molecule has 1 aromatic rings. The number of nitriles is 2. The third-order valence-corrected chi connectivity index (χ3v) is 2.47. The Morgan fingerprint density at radius 1 is 1.12 bits per heavy atom. The number of nitrogens with zero attached hydrogens (tertiary/aromatic N) is 3. The second kappa shape index (κ2) is 6.48. The summed E-state index contributed by atoms with van der Waals surface area (Å²) < 4.78 is 0. The Kier molecular flexibility index (Phi) is 4.89. The van der Waals surface area contributed by atoms with Gasteiger partial charge in [-0.25, -0.2) is 0 Å². The summed E-state index contributed by atoms with van der Waals surface area (Å²) in [5.41, 5.74) is 1.79. The lowest BCUT2D eigenvalue weighted by molar-refractivity contribution is 0.734. The van der Waals surface area contributed by atoms with Gasteiger partial charge in [0.1, 0.15) is 0 Å². The molecule has 1 aromatic carbocycles. The highest BCUT2D eigenvalue weighted by atomic mass is 15.1. The molecule has 0 unspecified atom stereocenters. The first kappa shape index (κ1) is 12.1. The monoisotopic (exact) mass is 213 g/mol. The lowest BCUT2D eigenvalue weighted by atomic mass is 10.2. The number of hydrogen-bond acceptors (Lipinski definition) is 3. The van der Waals surface area contributed by atoms with Crippen molar-refractivity contribution in [1.82, 2.24) is 0 Å². The molecule has 0 atom stereocenters. The molecule has 16 heavy (non-hydrogen) atoms. The number of anilines is 1. The second-order valence-electron chi connectivity index (χ2n) is 3.70. The molecule has 0 N–H and O–H groups in total. The molecule has 0 bridgehead atoms. The number of hydrogen-bond donors (Lipinski definition) is 0. The number of rotatable bonds is 5. The third kappa shape index (κ3) is 3.63. The predicted molar refractivity (Wildman–Crippen MR) is 63.9 cm³/mol. The molecule has 3 nitrogen and oxygen atoms in total. The van der Waals surface area contributed by atoms with E-state index in [-0.39, 0.29) is 0 Å². The SMILES string of the molecule is CN(CCCCC#N)c1ccc(C#N)cc1. The van der Waals surface area contributed by atoms with Crippen LogP contribution in [0.4, 0.5) is 5.69 Å². The van der Waals surface area contributed by atoms with Crippen molar-refractivity contribution in [3.63, 3.8) is 0 Å². The van der Waals surface area contributed by atoms with Crippen LogP contribution in [0.15, 0.2) is 24.3 Å². The van der Waals surface area contributed by atoms with E-state index < -0.39 is 0 Å². The molecule has 0 saturated heterocycles. The van der Waals surface area contributed by atoms with Gasteiger partial charge >= 0.3 is 0 Å². The molecular formula is C13H15N3. The fraction of sp³-hybridized carbons (Fsp3) is 0.385. The van der Waals surface area contributed by atoms with Gasteiger partial charge in [-0.15, -0.1) is 0 Å². The zero-order chi connectivity index (χ0) is 11.8. The Morgan fingerprint density at radius 2 is 1.81 bits per heavy atom. The van der Waals surface area contributed by atoms with Crippen molar-refractivity contribution in [2.75, 3.05) is 18.5 Å². The standard InChI is InChI=1S/C13H15N3/c1-16(10-4-2-3-9-14)13-7-5-12(11-15)6-8-13/h5-8H,2-4,10H2,1H3. The molecule has 1 rings (SSSR count). The summed E-state index contributed by atoms with van der Waals surface area (Å²) in [7, 11) is 2.02. The van der Waals surface area contributed by atoms with Crippen molar-refractivity contribution < 1.29 is 0 Å². The Balaban J connectivity index is 2.44. The van der Waals surface area contributed by atoms with Gasteiger partial charge in [-0.05, 0) is 37.1 Å².